The summed E-state index contributed by atoms with van der Waals surface area (Å²) >= 11 is 0. The van der Waals surface area contributed by atoms with Crippen molar-refractivity contribution in [3.8, 4) is 0 Å². The fourth-order valence-electron chi connectivity index (χ4n) is 9.57. The standard InChI is InChI=1S/C36H66O2Si2/c1-26(15-14-22-34(5,6)38-39(9,10)11)30-18-19-31-29-17-16-27-25-28(37-40(12,13)33(2,3)4)20-23-35(27,7)32(29)21-24-36(30,31)8/h16-17,26,28,30-32H,14-15,18-25H2,1-13H3/t26-,28-,30+,31-,32-,35-,36+/m0/s1. The highest BCUT2D eigenvalue weighted by Gasteiger charge is 2.57. The monoisotopic (exact) mass is 586 g/mol. The third kappa shape index (κ3) is 6.50. The van der Waals surface area contributed by atoms with Crippen molar-refractivity contribution in [2.75, 3.05) is 0 Å². The maximum absolute atomic E-state index is 6.95. The van der Waals surface area contributed by atoms with Gasteiger partial charge in [-0.3, -0.25) is 0 Å². The average Bonchev–Trinajstić information content (AvgIpc) is 3.14. The highest BCUT2D eigenvalue weighted by molar-refractivity contribution is 6.74. The molecular weight excluding hydrogens is 521 g/mol. The third-order valence-corrected chi connectivity index (χ3v) is 18.3. The van der Waals surface area contributed by atoms with Crippen LogP contribution in [0.3, 0.4) is 0 Å². The molecule has 7 atom stereocenters. The van der Waals surface area contributed by atoms with Gasteiger partial charge in [0.1, 0.15) is 0 Å². The number of rotatable bonds is 9. The Morgan fingerprint density at radius 2 is 1.57 bits per heavy atom. The lowest BCUT2D eigenvalue weighted by atomic mass is 9.50. The summed E-state index contributed by atoms with van der Waals surface area (Å²) in [5, 5.41) is 0.281. The molecule has 0 aromatic carbocycles. The van der Waals surface area contributed by atoms with E-state index in [4.69, 9.17) is 8.85 Å². The zero-order valence-corrected chi connectivity index (χ0v) is 30.9. The maximum atomic E-state index is 6.95. The molecule has 230 valence electrons. The predicted molar refractivity (Wildman–Crippen MR) is 179 cm³/mol. The Balaban J connectivity index is 1.43. The van der Waals surface area contributed by atoms with E-state index >= 15 is 0 Å². The highest BCUT2D eigenvalue weighted by Crippen LogP contribution is 2.66. The lowest BCUT2D eigenvalue weighted by Crippen LogP contribution is -2.49. The fourth-order valence-corrected chi connectivity index (χ4v) is 12.7. The van der Waals surface area contributed by atoms with Crippen LogP contribution in [0, 0.1) is 34.5 Å². The molecule has 0 aliphatic heterocycles. The Kier molecular flexibility index (Phi) is 9.07. The number of allylic oxidation sites excluding steroid dienone is 3. The lowest BCUT2D eigenvalue weighted by Gasteiger charge is -2.56. The summed E-state index contributed by atoms with van der Waals surface area (Å²) in [6.07, 6.45) is 18.8. The smallest absolute Gasteiger partial charge is 0.192 e. The molecule has 0 aromatic rings. The zero-order chi connectivity index (χ0) is 29.9. The molecule has 0 aromatic heterocycles. The molecule has 4 aliphatic rings. The molecule has 3 fully saturated rings. The topological polar surface area (TPSA) is 18.5 Å². The van der Waals surface area contributed by atoms with Crippen LogP contribution in [0.1, 0.15) is 120 Å². The van der Waals surface area contributed by atoms with Crippen molar-refractivity contribution in [3.63, 3.8) is 0 Å². The van der Waals surface area contributed by atoms with Crippen molar-refractivity contribution in [1.29, 1.82) is 0 Å². The molecule has 2 nitrogen and oxygen atoms in total. The molecule has 0 bridgehead atoms. The fraction of sp³-hybridized carbons (Fsp3) is 0.889. The first-order valence-corrected chi connectivity index (χ1v) is 23.3. The van der Waals surface area contributed by atoms with Gasteiger partial charge in [0, 0.05) is 6.10 Å². The van der Waals surface area contributed by atoms with Crippen LogP contribution < -0.4 is 0 Å². The van der Waals surface area contributed by atoms with Gasteiger partial charge in [0.2, 0.25) is 0 Å². The van der Waals surface area contributed by atoms with Crippen LogP contribution in [0.2, 0.25) is 37.8 Å². The van der Waals surface area contributed by atoms with Crippen LogP contribution in [-0.4, -0.2) is 28.3 Å². The van der Waals surface area contributed by atoms with E-state index in [1.807, 2.05) is 5.57 Å². The Morgan fingerprint density at radius 3 is 2.20 bits per heavy atom. The first-order chi connectivity index (χ1) is 18.2. The molecular formula is C36H66O2Si2. The summed E-state index contributed by atoms with van der Waals surface area (Å²) in [6, 6.07) is 0. The van der Waals surface area contributed by atoms with E-state index in [2.05, 4.69) is 100 Å². The molecule has 4 heteroatoms. The molecule has 0 amide bonds. The van der Waals surface area contributed by atoms with Crippen LogP contribution in [0.15, 0.2) is 23.3 Å². The normalized spacial score (nSPS) is 35.8. The van der Waals surface area contributed by atoms with Crippen molar-refractivity contribution in [1.82, 2.24) is 0 Å². The van der Waals surface area contributed by atoms with Gasteiger partial charge in [-0.25, -0.2) is 0 Å². The number of hydrogen-bond donors (Lipinski definition) is 0. The minimum Gasteiger partial charge on any atom is -0.414 e. The van der Waals surface area contributed by atoms with Crippen molar-refractivity contribution in [3.05, 3.63) is 23.3 Å². The first kappa shape index (κ1) is 32.7. The van der Waals surface area contributed by atoms with Gasteiger partial charge in [0.05, 0.1) is 5.60 Å². The molecule has 0 heterocycles. The average molecular weight is 587 g/mol. The Morgan fingerprint density at radius 1 is 0.900 bits per heavy atom. The Bertz CT molecular complexity index is 980. The minimum absolute atomic E-state index is 0.0193. The minimum atomic E-state index is -1.73. The van der Waals surface area contributed by atoms with Crippen molar-refractivity contribution >= 4 is 16.6 Å². The summed E-state index contributed by atoms with van der Waals surface area (Å²) in [6.45, 7) is 31.5. The third-order valence-electron chi connectivity index (χ3n) is 12.6. The number of hydrogen-bond acceptors (Lipinski definition) is 2. The summed E-state index contributed by atoms with van der Waals surface area (Å²) < 4.78 is 13.5. The van der Waals surface area contributed by atoms with Crippen LogP contribution in [0.5, 0.6) is 0 Å². The van der Waals surface area contributed by atoms with Gasteiger partial charge < -0.3 is 8.85 Å². The molecule has 0 unspecified atom stereocenters. The summed E-state index contributed by atoms with van der Waals surface area (Å²) in [7, 11) is -3.24. The van der Waals surface area contributed by atoms with Gasteiger partial charge in [0.15, 0.2) is 16.6 Å². The Hall–Kier alpha value is -0.166. The summed E-state index contributed by atoms with van der Waals surface area (Å²) in [5.41, 5.74) is 4.39. The first-order valence-electron chi connectivity index (χ1n) is 17.0. The maximum Gasteiger partial charge on any atom is 0.192 e. The largest absolute Gasteiger partial charge is 0.414 e. The molecule has 0 spiro atoms. The molecule has 0 radical (unpaired) electrons. The van der Waals surface area contributed by atoms with Gasteiger partial charge in [-0.05, 0) is 137 Å². The second-order valence-corrected chi connectivity index (χ2v) is 27.4. The molecule has 0 saturated heterocycles. The molecule has 0 N–H and O–H groups in total. The molecule has 40 heavy (non-hydrogen) atoms. The lowest BCUT2D eigenvalue weighted by molar-refractivity contribution is 0.0325. The van der Waals surface area contributed by atoms with Crippen LogP contribution >= 0.6 is 0 Å². The SMILES string of the molecule is C[C@@H](CCCC(C)(C)O[Si](C)(C)C)[C@H]1CC[C@H]2C3=CC=C4C[C@@H](O[Si](C)(C)C(C)(C)C)CC[C@]4(C)[C@H]3CC[C@]12C. The summed E-state index contributed by atoms with van der Waals surface area (Å²) in [5.74, 6) is 3.23. The van der Waals surface area contributed by atoms with Gasteiger partial charge in [-0.1, -0.05) is 77.7 Å². The van der Waals surface area contributed by atoms with E-state index in [9.17, 15) is 0 Å². The second-order valence-electron chi connectivity index (χ2n) is 18.2. The van der Waals surface area contributed by atoms with E-state index in [-0.39, 0.29) is 10.6 Å². The zero-order valence-electron chi connectivity index (χ0n) is 28.9. The summed E-state index contributed by atoms with van der Waals surface area (Å²) in [4.78, 5) is 0. The second kappa shape index (κ2) is 11.1. The van der Waals surface area contributed by atoms with Gasteiger partial charge >= 0.3 is 0 Å². The van der Waals surface area contributed by atoms with E-state index in [1.165, 1.54) is 57.8 Å². The molecule has 4 rings (SSSR count). The highest BCUT2D eigenvalue weighted by atomic mass is 28.4. The van der Waals surface area contributed by atoms with Gasteiger partial charge in [-0.15, -0.1) is 0 Å². The van der Waals surface area contributed by atoms with Crippen LogP contribution in [0.25, 0.3) is 0 Å². The van der Waals surface area contributed by atoms with Crippen molar-refractivity contribution in [2.45, 2.75) is 169 Å². The van der Waals surface area contributed by atoms with E-state index in [0.717, 1.165) is 30.1 Å². The predicted octanol–water partition coefficient (Wildman–Crippen LogP) is 11.3. The van der Waals surface area contributed by atoms with Crippen LogP contribution in [-0.2, 0) is 8.85 Å². The van der Waals surface area contributed by atoms with Crippen molar-refractivity contribution < 1.29 is 8.85 Å². The molecule has 3 saturated carbocycles. The van der Waals surface area contributed by atoms with E-state index < -0.39 is 16.6 Å². The quantitative estimate of drug-likeness (QED) is 0.250. The van der Waals surface area contributed by atoms with E-state index in [1.54, 1.807) is 5.57 Å². The van der Waals surface area contributed by atoms with Crippen LogP contribution in [0.4, 0.5) is 0 Å². The van der Waals surface area contributed by atoms with Crippen molar-refractivity contribution in [2.24, 2.45) is 34.5 Å². The van der Waals surface area contributed by atoms with Gasteiger partial charge in [0.25, 0.3) is 0 Å². The Labute approximate surface area is 251 Å². The molecule has 4 aliphatic carbocycles. The number of fused-ring (bicyclic) bond motifs is 5. The van der Waals surface area contributed by atoms with E-state index in [0.29, 0.717) is 16.9 Å². The van der Waals surface area contributed by atoms with Gasteiger partial charge in [-0.2, -0.15) is 0 Å².